The minimum atomic E-state index is -0.594. The fraction of sp³-hybridized carbons (Fsp3) is 0.139. The Morgan fingerprint density at radius 3 is 1.55 bits per heavy atom. The van der Waals surface area contributed by atoms with Crippen LogP contribution in [0.2, 0.25) is 10.0 Å². The molecule has 270 valence electrons. The number of hydrogen-bond acceptors (Lipinski definition) is 10. The summed E-state index contributed by atoms with van der Waals surface area (Å²) in [6.45, 7) is 11.8. The second kappa shape index (κ2) is 21.2. The summed E-state index contributed by atoms with van der Waals surface area (Å²) in [7, 11) is 0. The second-order valence-corrected chi connectivity index (χ2v) is 11.4. The Kier molecular flexibility index (Phi) is 17.1. The smallest absolute Gasteiger partial charge is 0.445 e. The first-order valence-electron chi connectivity index (χ1n) is 15.5. The van der Waals surface area contributed by atoms with Gasteiger partial charge < -0.3 is 34.3 Å². The summed E-state index contributed by atoms with van der Waals surface area (Å²) in [5.41, 5.74) is 1.78. The number of hydrogen-bond donors (Lipinski definition) is 3. The predicted molar refractivity (Wildman–Crippen MR) is 196 cm³/mol. The van der Waals surface area contributed by atoms with Gasteiger partial charge in [-0.25, -0.2) is 22.0 Å². The summed E-state index contributed by atoms with van der Waals surface area (Å²) in [6.07, 6.45) is 2.47. The maximum atomic E-state index is 12.4. The molecular formula is C36H33Cl2N8O6Y. The molecule has 4 aromatic heterocycles. The normalized spacial score (nSPS) is 10.3. The molecule has 3 N–H and O–H groups in total. The van der Waals surface area contributed by atoms with Gasteiger partial charge in [0.2, 0.25) is 0 Å². The van der Waals surface area contributed by atoms with Crippen molar-refractivity contribution in [1.82, 2.24) is 39.8 Å². The van der Waals surface area contributed by atoms with Crippen LogP contribution < -0.4 is 21.8 Å². The molecule has 2 amide bonds. The quantitative estimate of drug-likeness (QED) is 0.182. The zero-order chi connectivity index (χ0) is 37.6. The summed E-state index contributed by atoms with van der Waals surface area (Å²) >= 11 is 11.6. The monoisotopic (exact) mass is 832 g/mol. The first-order valence-corrected chi connectivity index (χ1v) is 16.2. The third-order valence-corrected chi connectivity index (χ3v) is 7.41. The summed E-state index contributed by atoms with van der Waals surface area (Å²) in [5, 5.41) is 23.6. The molecule has 0 aliphatic rings. The van der Waals surface area contributed by atoms with E-state index in [4.69, 9.17) is 28.3 Å². The number of amides is 2. The van der Waals surface area contributed by atoms with Crippen molar-refractivity contribution in [2.24, 2.45) is 0 Å². The summed E-state index contributed by atoms with van der Waals surface area (Å²) in [6, 6.07) is 20.4. The van der Waals surface area contributed by atoms with Crippen LogP contribution in [0, 0.1) is 20.8 Å². The summed E-state index contributed by atoms with van der Waals surface area (Å²) in [5.74, 6) is -1.06. The molecule has 14 nitrogen and oxygen atoms in total. The van der Waals surface area contributed by atoms with E-state index >= 15 is 0 Å². The van der Waals surface area contributed by atoms with Crippen molar-refractivity contribution in [1.29, 1.82) is 0 Å². The standard InChI is InChI=1S/C16H13ClN4O3.C16H12ClN4O2.C4H8O.Y/c17-11-3-1-10(2-4-11)7-19-15(23)13-8-18-14-6-5-12(9-22)20-21(14)16(13)24;1-10-2-7-14-18-9-13(16(23)21(14)20-10)15(22)19-8-11-3-5-12(17)6-4-11;1-3-5-4-2;/h1-6,8,22H,7,9H2,(H,19,23);2-7,9H,1,8H2,(H,19,22);1-4H2;/q;-1;-2;+3. The average molecular weight is 834 g/mol. The van der Waals surface area contributed by atoms with Gasteiger partial charge in [0.15, 0.2) is 5.65 Å². The van der Waals surface area contributed by atoms with Gasteiger partial charge in [-0.2, -0.15) is 20.2 Å². The topological polar surface area (TPSA) is 182 Å². The Morgan fingerprint density at radius 1 is 0.698 bits per heavy atom. The minimum absolute atomic E-state index is 0. The Hall–Kier alpha value is -4.57. The van der Waals surface area contributed by atoms with Crippen LogP contribution in [0.5, 0.6) is 0 Å². The van der Waals surface area contributed by atoms with Crippen molar-refractivity contribution in [3.63, 3.8) is 0 Å². The van der Waals surface area contributed by atoms with Crippen LogP contribution in [-0.4, -0.2) is 59.3 Å². The molecule has 0 aliphatic carbocycles. The molecule has 0 spiro atoms. The van der Waals surface area contributed by atoms with Gasteiger partial charge in [0.1, 0.15) is 16.8 Å². The molecule has 6 aromatic rings. The zero-order valence-corrected chi connectivity index (χ0v) is 32.6. The molecule has 53 heavy (non-hydrogen) atoms. The Bertz CT molecular complexity index is 2270. The number of carbonyl (C=O) groups excluding carboxylic acids is 2. The molecule has 0 bridgehead atoms. The number of fused-ring (bicyclic) bond motifs is 2. The molecule has 0 saturated carbocycles. The number of rotatable bonds is 9. The van der Waals surface area contributed by atoms with Crippen molar-refractivity contribution in [3.05, 3.63) is 170 Å². The van der Waals surface area contributed by atoms with Crippen molar-refractivity contribution in [2.75, 3.05) is 13.2 Å². The fourth-order valence-electron chi connectivity index (χ4n) is 4.26. The maximum absolute atomic E-state index is 12.4. The number of nitrogens with one attached hydrogen (secondary N) is 2. The van der Waals surface area contributed by atoms with E-state index in [2.05, 4.69) is 56.3 Å². The maximum Gasteiger partial charge on any atom is 3.00 e. The van der Waals surface area contributed by atoms with Crippen LogP contribution in [0.25, 0.3) is 11.3 Å². The van der Waals surface area contributed by atoms with E-state index in [-0.39, 0.29) is 63.5 Å². The number of nitrogens with zero attached hydrogens (tertiary/aromatic N) is 6. The zero-order valence-electron chi connectivity index (χ0n) is 28.2. The van der Waals surface area contributed by atoms with Gasteiger partial charge in [0, 0.05) is 35.5 Å². The van der Waals surface area contributed by atoms with Crippen LogP contribution in [0.1, 0.15) is 43.2 Å². The van der Waals surface area contributed by atoms with Crippen molar-refractivity contribution >= 4 is 46.3 Å². The van der Waals surface area contributed by atoms with Crippen molar-refractivity contribution < 1.29 is 52.1 Å². The van der Waals surface area contributed by atoms with Gasteiger partial charge in [-0.15, -0.1) is 0 Å². The second-order valence-electron chi connectivity index (χ2n) is 10.5. The van der Waals surface area contributed by atoms with E-state index < -0.39 is 22.9 Å². The Labute approximate surface area is 339 Å². The molecule has 4 heterocycles. The van der Waals surface area contributed by atoms with Gasteiger partial charge in [-0.3, -0.25) is 19.2 Å². The number of aliphatic hydroxyl groups is 1. The Morgan fingerprint density at radius 2 is 1.13 bits per heavy atom. The third-order valence-electron chi connectivity index (χ3n) is 6.91. The van der Waals surface area contributed by atoms with Gasteiger partial charge in [-0.1, -0.05) is 72.4 Å². The molecule has 2 aromatic carbocycles. The Balaban J connectivity index is 0.000000249. The third kappa shape index (κ3) is 12.2. The molecule has 17 heteroatoms. The first-order chi connectivity index (χ1) is 25.0. The summed E-state index contributed by atoms with van der Waals surface area (Å²) in [4.78, 5) is 57.3. The molecule has 0 unspecified atom stereocenters. The van der Waals surface area contributed by atoms with Gasteiger partial charge in [0.05, 0.1) is 12.3 Å². The van der Waals surface area contributed by atoms with E-state index in [0.29, 0.717) is 45.9 Å². The molecule has 0 aliphatic heterocycles. The molecule has 0 atom stereocenters. The van der Waals surface area contributed by atoms with Gasteiger partial charge >= 0.3 is 32.7 Å². The molecule has 6 rings (SSSR count). The fourth-order valence-corrected chi connectivity index (χ4v) is 4.51. The van der Waals surface area contributed by atoms with E-state index in [1.165, 1.54) is 12.4 Å². The van der Waals surface area contributed by atoms with E-state index in [9.17, 15) is 19.2 Å². The minimum Gasteiger partial charge on any atom is -0.445 e. The average Bonchev–Trinajstić information content (AvgIpc) is 3.15. The predicted octanol–water partition coefficient (Wildman–Crippen LogP) is 3.69. The molecule has 0 fully saturated rings. The molecule has 0 radical (unpaired) electrons. The van der Waals surface area contributed by atoms with Crippen LogP contribution in [0.3, 0.4) is 0 Å². The van der Waals surface area contributed by atoms with Gasteiger partial charge in [0.25, 0.3) is 22.9 Å². The first kappa shape index (κ1) is 42.8. The van der Waals surface area contributed by atoms with E-state index in [1.54, 1.807) is 72.8 Å². The van der Waals surface area contributed by atoms with Crippen LogP contribution in [-0.2, 0) is 57.1 Å². The van der Waals surface area contributed by atoms with Crippen molar-refractivity contribution in [2.45, 2.75) is 19.7 Å². The largest absolute Gasteiger partial charge is 3.00 e. The number of benzene rings is 2. The molecular weight excluding hydrogens is 800 g/mol. The number of halogens is 2. The van der Waals surface area contributed by atoms with Crippen LogP contribution >= 0.6 is 23.2 Å². The molecule has 0 saturated heterocycles. The number of ether oxygens (including phenoxy) is 1. The number of carbonyl (C=O) groups is 2. The van der Waals surface area contributed by atoms with E-state index in [0.717, 1.165) is 20.2 Å². The number of aliphatic hydroxyl groups excluding tert-OH is 1. The van der Waals surface area contributed by atoms with E-state index in [1.807, 2.05) is 0 Å². The van der Waals surface area contributed by atoms with Crippen LogP contribution in [0.15, 0.2) is 94.8 Å². The SMILES string of the molecule is O=C(NCc1ccc(Cl)cc1)c1cnc2ccc(CO)nn2c1=O.[CH2-]COC[CH2-].[CH2-]c1ccc2ncc(C(=O)NCc3ccc(Cl)cc3)c(=O)n2n1.[Y+3]. The van der Waals surface area contributed by atoms with Gasteiger partial charge in [-0.05, 0) is 47.5 Å². The van der Waals surface area contributed by atoms with Crippen LogP contribution in [0.4, 0.5) is 0 Å². The number of aromatic nitrogens is 6. The van der Waals surface area contributed by atoms with Crippen molar-refractivity contribution in [3.8, 4) is 0 Å². The summed E-state index contributed by atoms with van der Waals surface area (Å²) < 4.78 is 6.68.